The van der Waals surface area contributed by atoms with Gasteiger partial charge < -0.3 is 14.7 Å². The van der Waals surface area contributed by atoms with E-state index in [0.717, 1.165) is 68.0 Å². The lowest BCUT2D eigenvalue weighted by Gasteiger charge is -2.43. The van der Waals surface area contributed by atoms with E-state index in [9.17, 15) is 5.11 Å². The van der Waals surface area contributed by atoms with Crippen molar-refractivity contribution in [3.8, 4) is 11.5 Å². The van der Waals surface area contributed by atoms with Crippen molar-refractivity contribution in [1.29, 1.82) is 0 Å². The number of anilines is 1. The normalized spacial score (nSPS) is 22.6. The Kier molecular flexibility index (Phi) is 5.00. The highest BCUT2D eigenvalue weighted by Crippen LogP contribution is 2.43. The van der Waals surface area contributed by atoms with Crippen LogP contribution < -0.4 is 9.64 Å². The minimum Gasteiger partial charge on any atom is -0.507 e. The zero-order valence-corrected chi connectivity index (χ0v) is 17.6. The van der Waals surface area contributed by atoms with Crippen LogP contribution in [0.4, 0.5) is 5.69 Å². The van der Waals surface area contributed by atoms with Gasteiger partial charge in [-0.3, -0.25) is 4.90 Å². The molecule has 0 aliphatic carbocycles. The second-order valence-corrected chi connectivity index (χ2v) is 8.68. The van der Waals surface area contributed by atoms with E-state index >= 15 is 0 Å². The monoisotopic (exact) mass is 380 g/mol. The topological polar surface area (TPSA) is 35.9 Å². The maximum absolute atomic E-state index is 10.4. The first-order valence-corrected chi connectivity index (χ1v) is 10.4. The molecular formula is C24H32N2O2. The van der Waals surface area contributed by atoms with Gasteiger partial charge in [0.2, 0.25) is 0 Å². The average molecular weight is 381 g/mol. The molecule has 2 aromatic rings. The number of ether oxygens (including phenoxy) is 1. The Bertz CT molecular complexity index is 857. The highest BCUT2D eigenvalue weighted by atomic mass is 16.5. The molecule has 1 saturated heterocycles. The van der Waals surface area contributed by atoms with Crippen molar-refractivity contribution in [2.45, 2.75) is 46.1 Å². The Labute approximate surface area is 168 Å². The third-order valence-electron chi connectivity index (χ3n) is 6.64. The standard InChI is InChI=1S/C24H32N2O2/c1-17-18(2)23-21(19(3)22(17)27)10-11-24(4,28-23)16-25-12-14-26(15-13-25)20-8-6-5-7-9-20/h5-9,27H,10-16H2,1-4H3. The van der Waals surface area contributed by atoms with Crippen LogP contribution in [0.2, 0.25) is 0 Å². The summed E-state index contributed by atoms with van der Waals surface area (Å²) in [6.07, 6.45) is 1.96. The summed E-state index contributed by atoms with van der Waals surface area (Å²) < 4.78 is 6.61. The van der Waals surface area contributed by atoms with Crippen LogP contribution in [0.25, 0.3) is 0 Å². The van der Waals surface area contributed by atoms with Gasteiger partial charge >= 0.3 is 0 Å². The predicted octanol–water partition coefficient (Wildman–Crippen LogP) is 4.22. The van der Waals surface area contributed by atoms with Gasteiger partial charge in [-0.15, -0.1) is 0 Å². The first-order valence-electron chi connectivity index (χ1n) is 10.4. The number of hydrogen-bond acceptors (Lipinski definition) is 4. The van der Waals surface area contributed by atoms with Crippen molar-refractivity contribution in [3.63, 3.8) is 0 Å². The molecule has 1 N–H and O–H groups in total. The number of para-hydroxylation sites is 1. The molecule has 2 aliphatic heterocycles. The summed E-state index contributed by atoms with van der Waals surface area (Å²) in [7, 11) is 0. The maximum atomic E-state index is 10.4. The van der Waals surface area contributed by atoms with Crippen LogP contribution in [0.15, 0.2) is 30.3 Å². The minimum atomic E-state index is -0.178. The summed E-state index contributed by atoms with van der Waals surface area (Å²) in [5.41, 5.74) is 5.33. The van der Waals surface area contributed by atoms with Crippen LogP contribution in [-0.2, 0) is 6.42 Å². The number of piperazine rings is 1. The van der Waals surface area contributed by atoms with Gasteiger partial charge in [-0.05, 0) is 69.4 Å². The molecule has 2 heterocycles. The second kappa shape index (κ2) is 7.32. The zero-order valence-electron chi connectivity index (χ0n) is 17.6. The van der Waals surface area contributed by atoms with E-state index in [2.05, 4.69) is 54.0 Å². The maximum Gasteiger partial charge on any atom is 0.127 e. The van der Waals surface area contributed by atoms with Gasteiger partial charge in [-0.25, -0.2) is 0 Å². The van der Waals surface area contributed by atoms with E-state index in [4.69, 9.17) is 4.74 Å². The molecule has 4 rings (SSSR count). The molecule has 0 amide bonds. The van der Waals surface area contributed by atoms with Crippen LogP contribution in [0.5, 0.6) is 11.5 Å². The number of phenols is 1. The van der Waals surface area contributed by atoms with Crippen LogP contribution in [0.3, 0.4) is 0 Å². The predicted molar refractivity (Wildman–Crippen MR) is 115 cm³/mol. The number of fused-ring (bicyclic) bond motifs is 1. The summed E-state index contributed by atoms with van der Waals surface area (Å²) in [6, 6.07) is 10.7. The molecular weight excluding hydrogens is 348 g/mol. The third kappa shape index (κ3) is 3.46. The largest absolute Gasteiger partial charge is 0.507 e. The molecule has 1 fully saturated rings. The molecule has 0 saturated carbocycles. The Balaban J connectivity index is 1.44. The fraction of sp³-hybridized carbons (Fsp3) is 0.500. The Morgan fingerprint density at radius 3 is 2.32 bits per heavy atom. The van der Waals surface area contributed by atoms with Crippen LogP contribution in [0.1, 0.15) is 35.6 Å². The van der Waals surface area contributed by atoms with Gasteiger partial charge in [0.15, 0.2) is 0 Å². The minimum absolute atomic E-state index is 0.178. The van der Waals surface area contributed by atoms with Crippen molar-refractivity contribution in [2.75, 3.05) is 37.6 Å². The Morgan fingerprint density at radius 2 is 1.64 bits per heavy atom. The summed E-state index contributed by atoms with van der Waals surface area (Å²) >= 11 is 0. The lowest BCUT2D eigenvalue weighted by molar-refractivity contribution is 0.0227. The summed E-state index contributed by atoms with van der Waals surface area (Å²) in [6.45, 7) is 13.5. The fourth-order valence-corrected chi connectivity index (χ4v) is 4.68. The van der Waals surface area contributed by atoms with E-state index in [1.807, 2.05) is 13.8 Å². The molecule has 4 heteroatoms. The van der Waals surface area contributed by atoms with E-state index in [-0.39, 0.29) is 5.60 Å². The van der Waals surface area contributed by atoms with Crippen molar-refractivity contribution < 1.29 is 9.84 Å². The molecule has 4 nitrogen and oxygen atoms in total. The summed E-state index contributed by atoms with van der Waals surface area (Å²) in [4.78, 5) is 5.01. The van der Waals surface area contributed by atoms with E-state index in [1.54, 1.807) is 0 Å². The molecule has 0 radical (unpaired) electrons. The second-order valence-electron chi connectivity index (χ2n) is 8.68. The number of aromatic hydroxyl groups is 1. The highest BCUT2D eigenvalue weighted by Gasteiger charge is 2.36. The third-order valence-corrected chi connectivity index (χ3v) is 6.64. The number of phenolic OH excluding ortho intramolecular Hbond substituents is 1. The van der Waals surface area contributed by atoms with Crippen LogP contribution in [-0.4, -0.2) is 48.3 Å². The Morgan fingerprint density at radius 1 is 0.964 bits per heavy atom. The Hall–Kier alpha value is -2.20. The molecule has 1 unspecified atom stereocenters. The van der Waals surface area contributed by atoms with Gasteiger partial charge in [-0.2, -0.15) is 0 Å². The van der Waals surface area contributed by atoms with E-state index in [1.165, 1.54) is 11.3 Å². The van der Waals surface area contributed by atoms with Crippen molar-refractivity contribution in [2.24, 2.45) is 0 Å². The molecule has 1 atom stereocenters. The van der Waals surface area contributed by atoms with Crippen molar-refractivity contribution >= 4 is 5.69 Å². The lowest BCUT2D eigenvalue weighted by atomic mass is 9.87. The van der Waals surface area contributed by atoms with Gasteiger partial charge in [0.1, 0.15) is 17.1 Å². The number of nitrogens with zero attached hydrogens (tertiary/aromatic N) is 2. The number of benzene rings is 2. The van der Waals surface area contributed by atoms with E-state index < -0.39 is 0 Å². The average Bonchev–Trinajstić information content (AvgIpc) is 2.71. The molecule has 2 aromatic carbocycles. The summed E-state index contributed by atoms with van der Waals surface area (Å²) in [5.74, 6) is 1.44. The molecule has 0 bridgehead atoms. The van der Waals surface area contributed by atoms with E-state index in [0.29, 0.717) is 5.75 Å². The molecule has 28 heavy (non-hydrogen) atoms. The molecule has 0 aromatic heterocycles. The van der Waals surface area contributed by atoms with Crippen LogP contribution in [0, 0.1) is 20.8 Å². The first kappa shape index (κ1) is 19.1. The smallest absolute Gasteiger partial charge is 0.127 e. The zero-order chi connectivity index (χ0) is 19.9. The lowest BCUT2D eigenvalue weighted by Crippen LogP contribution is -2.53. The van der Waals surface area contributed by atoms with Gasteiger partial charge in [0, 0.05) is 44.0 Å². The van der Waals surface area contributed by atoms with Gasteiger partial charge in [-0.1, -0.05) is 18.2 Å². The van der Waals surface area contributed by atoms with Crippen LogP contribution >= 0.6 is 0 Å². The van der Waals surface area contributed by atoms with Gasteiger partial charge in [0.05, 0.1) is 0 Å². The molecule has 0 spiro atoms. The molecule has 2 aliphatic rings. The summed E-state index contributed by atoms with van der Waals surface area (Å²) in [5, 5.41) is 10.4. The van der Waals surface area contributed by atoms with Crippen molar-refractivity contribution in [3.05, 3.63) is 52.6 Å². The van der Waals surface area contributed by atoms with Gasteiger partial charge in [0.25, 0.3) is 0 Å². The fourth-order valence-electron chi connectivity index (χ4n) is 4.68. The first-order chi connectivity index (χ1) is 13.4. The quantitative estimate of drug-likeness (QED) is 0.865. The molecule has 150 valence electrons. The highest BCUT2D eigenvalue weighted by molar-refractivity contribution is 5.58. The SMILES string of the molecule is Cc1c(C)c2c(c(C)c1O)CCC(C)(CN1CCN(c3ccccc3)CC1)O2. The number of hydrogen-bond donors (Lipinski definition) is 1. The number of rotatable bonds is 3. The van der Waals surface area contributed by atoms with Crippen molar-refractivity contribution in [1.82, 2.24) is 4.90 Å².